The molecule has 8 rings (SSSR count). The fourth-order valence-electron chi connectivity index (χ4n) is 10.8. The molecule has 0 radical (unpaired) electrons. The molecule has 1 amide bonds. The van der Waals surface area contributed by atoms with Crippen molar-refractivity contribution in [3.05, 3.63) is 156 Å². The third-order valence-corrected chi connectivity index (χ3v) is 13.9. The first-order valence-corrected chi connectivity index (χ1v) is 24.9. The molecule has 0 unspecified atom stereocenters. The number of carbonyl (C=O) groups is 2. The molecule has 2 N–H and O–H groups in total. The average Bonchev–Trinajstić information content (AvgIpc) is 3.40. The number of aliphatic hydroxyl groups excluding tert-OH is 2. The summed E-state index contributed by atoms with van der Waals surface area (Å²) in [4.78, 5) is 35.0. The normalized spacial score (nSPS) is 21.5. The van der Waals surface area contributed by atoms with E-state index in [1.807, 2.05) is 79.7 Å². The summed E-state index contributed by atoms with van der Waals surface area (Å²) in [5.41, 5.74) is 4.74. The number of allylic oxidation sites excluding steroid dienone is 1. The lowest BCUT2D eigenvalue weighted by Crippen LogP contribution is -2.70. The molecule has 1 saturated carbocycles. The van der Waals surface area contributed by atoms with E-state index in [4.69, 9.17) is 38.4 Å². The molecule has 0 saturated heterocycles. The highest BCUT2D eigenvalue weighted by atomic mass is 16.7. The van der Waals surface area contributed by atoms with Crippen LogP contribution in [0.25, 0.3) is 10.8 Å². The molecule has 1 aliphatic heterocycles. The minimum absolute atomic E-state index is 0.000503. The second-order valence-corrected chi connectivity index (χ2v) is 18.2. The Hall–Kier alpha value is -6.51. The Morgan fingerprint density at radius 2 is 1.66 bits per heavy atom. The van der Waals surface area contributed by atoms with Crippen LogP contribution in [-0.2, 0) is 32.2 Å². The van der Waals surface area contributed by atoms with Gasteiger partial charge in [-0.05, 0) is 108 Å². The van der Waals surface area contributed by atoms with E-state index < -0.39 is 23.8 Å². The molecule has 5 aromatic carbocycles. The summed E-state index contributed by atoms with van der Waals surface area (Å²) in [5.74, 6) is -0.398. The smallest absolute Gasteiger partial charge is 0.410 e. The third kappa shape index (κ3) is 11.5. The Balaban J connectivity index is 1.29. The van der Waals surface area contributed by atoms with Crippen molar-refractivity contribution in [3.8, 4) is 23.0 Å². The van der Waals surface area contributed by atoms with Crippen molar-refractivity contribution < 1.29 is 53.1 Å². The number of nitrogens with zero attached hydrogens (tertiary/aromatic N) is 2. The van der Waals surface area contributed by atoms with E-state index in [2.05, 4.69) is 30.9 Å². The quantitative estimate of drug-likeness (QED) is 0.0248. The molecule has 5 aromatic rings. The Labute approximate surface area is 416 Å². The van der Waals surface area contributed by atoms with Crippen molar-refractivity contribution in [1.82, 2.24) is 4.90 Å². The van der Waals surface area contributed by atoms with Gasteiger partial charge in [0.2, 0.25) is 5.79 Å². The van der Waals surface area contributed by atoms with Gasteiger partial charge in [-0.1, -0.05) is 103 Å². The van der Waals surface area contributed by atoms with Crippen molar-refractivity contribution in [2.45, 2.75) is 82.8 Å². The van der Waals surface area contributed by atoms with Gasteiger partial charge in [0.05, 0.1) is 50.7 Å². The van der Waals surface area contributed by atoms with Crippen molar-refractivity contribution in [2.75, 3.05) is 46.8 Å². The van der Waals surface area contributed by atoms with E-state index in [9.17, 15) is 15.0 Å². The van der Waals surface area contributed by atoms with Gasteiger partial charge < -0.3 is 43.5 Å². The number of methoxy groups -OCH3 is 1. The van der Waals surface area contributed by atoms with Gasteiger partial charge in [-0.2, -0.15) is 0 Å². The molecule has 374 valence electrons. The van der Waals surface area contributed by atoms with Crippen LogP contribution in [0.4, 0.5) is 4.79 Å². The van der Waals surface area contributed by atoms with Crippen LogP contribution in [0, 0.1) is 17.8 Å². The third-order valence-electron chi connectivity index (χ3n) is 13.9. The summed E-state index contributed by atoms with van der Waals surface area (Å²) in [7, 11) is 1.52. The Bertz CT molecular complexity index is 2650. The Kier molecular flexibility index (Phi) is 17.6. The van der Waals surface area contributed by atoms with Gasteiger partial charge in [0.1, 0.15) is 42.3 Å². The number of hydrogen-bond acceptors (Lipinski definition) is 12. The summed E-state index contributed by atoms with van der Waals surface area (Å²) in [5, 5.41) is 27.0. The number of benzene rings is 5. The van der Waals surface area contributed by atoms with Crippen LogP contribution in [0.2, 0.25) is 0 Å². The zero-order valence-electron chi connectivity index (χ0n) is 40.8. The lowest BCUT2D eigenvalue weighted by Gasteiger charge is -2.59. The van der Waals surface area contributed by atoms with Crippen LogP contribution in [0.15, 0.2) is 139 Å². The fourth-order valence-corrected chi connectivity index (χ4v) is 10.8. The van der Waals surface area contributed by atoms with Gasteiger partial charge in [-0.25, -0.2) is 4.79 Å². The Morgan fingerprint density at radius 1 is 0.901 bits per heavy atom. The van der Waals surface area contributed by atoms with Crippen molar-refractivity contribution in [1.29, 1.82) is 0 Å². The predicted molar refractivity (Wildman–Crippen MR) is 272 cm³/mol. The van der Waals surface area contributed by atoms with E-state index in [0.29, 0.717) is 60.3 Å². The number of carbonyl (C=O) groups excluding carboxylic acids is 2. The van der Waals surface area contributed by atoms with Gasteiger partial charge in [0, 0.05) is 31.1 Å². The van der Waals surface area contributed by atoms with Gasteiger partial charge in [-0.3, -0.25) is 9.69 Å². The van der Waals surface area contributed by atoms with Crippen LogP contribution in [0.3, 0.4) is 0 Å². The van der Waals surface area contributed by atoms with E-state index in [0.717, 1.165) is 65.0 Å². The largest absolute Gasteiger partial charge is 0.496 e. The molecule has 0 spiro atoms. The first-order chi connectivity index (χ1) is 34.9. The lowest BCUT2D eigenvalue weighted by molar-refractivity contribution is -0.256. The zero-order chi connectivity index (χ0) is 49.6. The van der Waals surface area contributed by atoms with E-state index in [1.54, 1.807) is 29.2 Å². The summed E-state index contributed by atoms with van der Waals surface area (Å²) in [6, 6.07) is 34.0. The predicted octanol–water partition coefficient (Wildman–Crippen LogP) is 11.0. The van der Waals surface area contributed by atoms with E-state index in [1.165, 1.54) is 7.11 Å². The molecule has 2 aliphatic carbocycles. The Morgan fingerprint density at radius 3 is 2.44 bits per heavy atom. The number of aliphatic hydroxyl groups is 2. The standard InChI is InChI=1S/C58H66N2O11/c1-4-30-68-58-54(60(37-43-21-15-20-41-18-9-10-22-47(41)43)57(64)67-32-31-66-39-40-16-7-6-8-17-40)36-51(59-69-5-2)49-34-42(19-11-13-28-61)48(23-12-14-29-62)55(56(49)58)50-35-46(25-27-53(50)71-58)70-45-24-26-52(65-3)44(33-45)38-63/h4,6-10,15-18,20-22,24-27,33-35,38,42,48,54-56,61-62H,1,5,11-14,19,23,28-32,36-37,39H2,2-3H3/t42-,48+,54-,55+,56+,58+/m0/s1. The molecular formula is C58H66N2O11. The highest BCUT2D eigenvalue weighted by molar-refractivity contribution is 6.03. The molecule has 13 heteroatoms. The molecule has 71 heavy (non-hydrogen) atoms. The second kappa shape index (κ2) is 24.6. The molecule has 1 heterocycles. The highest BCUT2D eigenvalue weighted by Crippen LogP contribution is 2.62. The first-order valence-electron chi connectivity index (χ1n) is 24.9. The summed E-state index contributed by atoms with van der Waals surface area (Å²) in [6.07, 6.45) is 8.74. The number of unbranched alkanes of at least 4 members (excludes halogenated alkanes) is 2. The lowest BCUT2D eigenvalue weighted by atomic mass is 9.55. The summed E-state index contributed by atoms with van der Waals surface area (Å²) >= 11 is 0. The number of amides is 1. The topological polar surface area (TPSA) is 155 Å². The molecule has 6 atom stereocenters. The number of aldehydes is 1. The summed E-state index contributed by atoms with van der Waals surface area (Å²) in [6.45, 7) is 7.21. The van der Waals surface area contributed by atoms with Crippen molar-refractivity contribution >= 4 is 28.9 Å². The monoisotopic (exact) mass is 966 g/mol. The van der Waals surface area contributed by atoms with Gasteiger partial charge in [0.25, 0.3) is 0 Å². The van der Waals surface area contributed by atoms with Gasteiger partial charge in [0.15, 0.2) is 6.29 Å². The molecule has 3 aliphatic rings. The van der Waals surface area contributed by atoms with E-state index >= 15 is 4.79 Å². The maximum atomic E-state index is 15.2. The van der Waals surface area contributed by atoms with Crippen molar-refractivity contribution in [3.63, 3.8) is 0 Å². The molecule has 0 aromatic heterocycles. The average molecular weight is 967 g/mol. The van der Waals surface area contributed by atoms with Gasteiger partial charge in [-0.15, -0.1) is 6.58 Å². The van der Waals surface area contributed by atoms with Crippen LogP contribution in [0.5, 0.6) is 23.0 Å². The maximum absolute atomic E-state index is 15.2. The zero-order valence-corrected chi connectivity index (χ0v) is 40.8. The minimum Gasteiger partial charge on any atom is -0.496 e. The van der Waals surface area contributed by atoms with Crippen LogP contribution in [0.1, 0.15) is 84.8 Å². The molecular weight excluding hydrogens is 901 g/mol. The number of fused-ring (bicyclic) bond motifs is 3. The maximum Gasteiger partial charge on any atom is 0.410 e. The number of rotatable bonds is 25. The van der Waals surface area contributed by atoms with Gasteiger partial charge >= 0.3 is 6.09 Å². The van der Waals surface area contributed by atoms with Crippen LogP contribution < -0.4 is 14.2 Å². The molecule has 1 fully saturated rings. The minimum atomic E-state index is -1.53. The molecule has 13 nitrogen and oxygen atoms in total. The van der Waals surface area contributed by atoms with E-state index in [-0.39, 0.29) is 63.8 Å². The van der Waals surface area contributed by atoms with Crippen LogP contribution >= 0.6 is 0 Å². The number of ether oxygens (including phenoxy) is 6. The summed E-state index contributed by atoms with van der Waals surface area (Å²) < 4.78 is 38.8. The van der Waals surface area contributed by atoms with Crippen LogP contribution in [-0.4, -0.2) is 91.8 Å². The van der Waals surface area contributed by atoms with Crippen molar-refractivity contribution in [2.24, 2.45) is 22.9 Å². The SMILES string of the molecule is C=CCO[C@@]12Oc3ccc(Oc4ccc(OC)c(C=O)c4)cc3[C@H]3[C@H](CCCCO)[C@@H](CCCCO)C=C(C(=NOCC)C[C@@H]1N(Cc1cccc4ccccc14)C(=O)OCCOCc1ccccc1)[C@H]32. The second-order valence-electron chi connectivity index (χ2n) is 18.2. The fraction of sp³-hybridized carbons (Fsp3) is 0.397. The number of oxime groups is 1. The number of hydrogen-bond donors (Lipinski definition) is 2. The highest BCUT2D eigenvalue weighted by Gasteiger charge is 2.65. The molecule has 0 bridgehead atoms. The first kappa shape index (κ1) is 50.9.